The monoisotopic (exact) mass is 371 g/mol. The van der Waals surface area contributed by atoms with Crippen molar-refractivity contribution in [3.05, 3.63) is 70.6 Å². The van der Waals surface area contributed by atoms with Crippen LogP contribution in [0.4, 0.5) is 0 Å². The standard InChI is InChI=1S/C19H22BrN3/c1-19(2,3)18(14-7-5-4-6-8-14)21-11-16-13-23-12-15(20)9-10-17(23)22-16/h4-10,12-13,18,21H,11H2,1-3H3. The van der Waals surface area contributed by atoms with Gasteiger partial charge in [0.25, 0.3) is 0 Å². The minimum Gasteiger partial charge on any atom is -0.306 e. The molecule has 0 amide bonds. The van der Waals surface area contributed by atoms with Gasteiger partial charge in [0, 0.05) is 29.5 Å². The predicted octanol–water partition coefficient (Wildman–Crippen LogP) is 4.97. The molecule has 0 spiro atoms. The van der Waals surface area contributed by atoms with E-state index in [0.717, 1.165) is 22.4 Å². The topological polar surface area (TPSA) is 29.3 Å². The highest BCUT2D eigenvalue weighted by molar-refractivity contribution is 9.10. The Balaban J connectivity index is 1.80. The zero-order valence-electron chi connectivity index (χ0n) is 13.8. The van der Waals surface area contributed by atoms with Crippen molar-refractivity contribution in [2.24, 2.45) is 5.41 Å². The second-order valence-corrected chi connectivity index (χ2v) is 7.85. The quantitative estimate of drug-likeness (QED) is 0.700. The number of hydrogen-bond acceptors (Lipinski definition) is 2. The largest absolute Gasteiger partial charge is 0.306 e. The van der Waals surface area contributed by atoms with Crippen molar-refractivity contribution in [1.29, 1.82) is 0 Å². The predicted molar refractivity (Wildman–Crippen MR) is 98.4 cm³/mol. The van der Waals surface area contributed by atoms with Gasteiger partial charge in [0.2, 0.25) is 0 Å². The van der Waals surface area contributed by atoms with Crippen LogP contribution in [0.3, 0.4) is 0 Å². The van der Waals surface area contributed by atoms with Crippen LogP contribution >= 0.6 is 15.9 Å². The van der Waals surface area contributed by atoms with E-state index in [2.05, 4.69) is 87.9 Å². The lowest BCUT2D eigenvalue weighted by Crippen LogP contribution is -2.32. The first-order valence-electron chi connectivity index (χ1n) is 7.85. The molecule has 2 heterocycles. The molecule has 1 unspecified atom stereocenters. The van der Waals surface area contributed by atoms with Crippen LogP contribution in [0.2, 0.25) is 0 Å². The van der Waals surface area contributed by atoms with E-state index in [1.807, 2.05) is 18.3 Å². The van der Waals surface area contributed by atoms with Crippen molar-refractivity contribution >= 4 is 21.6 Å². The molecule has 0 radical (unpaired) electrons. The van der Waals surface area contributed by atoms with E-state index < -0.39 is 0 Å². The maximum Gasteiger partial charge on any atom is 0.137 e. The summed E-state index contributed by atoms with van der Waals surface area (Å²) in [7, 11) is 0. The maximum absolute atomic E-state index is 4.68. The number of aromatic nitrogens is 2. The molecule has 3 rings (SSSR count). The molecule has 3 aromatic rings. The number of halogens is 1. The summed E-state index contributed by atoms with van der Waals surface area (Å²) in [6, 6.07) is 14.9. The lowest BCUT2D eigenvalue weighted by Gasteiger charge is -2.32. The van der Waals surface area contributed by atoms with E-state index in [1.54, 1.807) is 0 Å². The van der Waals surface area contributed by atoms with Crippen molar-refractivity contribution in [3.8, 4) is 0 Å². The Morgan fingerprint density at radius 1 is 1.09 bits per heavy atom. The Labute approximate surface area is 145 Å². The van der Waals surface area contributed by atoms with Gasteiger partial charge in [0.05, 0.1) is 5.69 Å². The molecule has 0 bridgehead atoms. The van der Waals surface area contributed by atoms with Crippen LogP contribution in [0.25, 0.3) is 5.65 Å². The van der Waals surface area contributed by atoms with E-state index in [0.29, 0.717) is 0 Å². The number of nitrogens with one attached hydrogen (secondary N) is 1. The molecule has 0 fully saturated rings. The Kier molecular flexibility index (Phi) is 4.55. The molecular formula is C19H22BrN3. The van der Waals surface area contributed by atoms with Crippen LogP contribution in [0.1, 0.15) is 38.1 Å². The maximum atomic E-state index is 4.68. The molecule has 1 atom stereocenters. The fourth-order valence-electron chi connectivity index (χ4n) is 2.88. The highest BCUT2D eigenvalue weighted by Crippen LogP contribution is 2.32. The number of hydrogen-bond donors (Lipinski definition) is 1. The lowest BCUT2D eigenvalue weighted by atomic mass is 9.82. The lowest BCUT2D eigenvalue weighted by molar-refractivity contribution is 0.270. The minimum atomic E-state index is 0.129. The van der Waals surface area contributed by atoms with Gasteiger partial charge in [-0.2, -0.15) is 0 Å². The Bertz CT molecular complexity index is 787. The zero-order chi connectivity index (χ0) is 16.4. The third kappa shape index (κ3) is 3.82. The molecule has 0 aliphatic rings. The highest BCUT2D eigenvalue weighted by Gasteiger charge is 2.25. The molecule has 0 aliphatic carbocycles. The summed E-state index contributed by atoms with van der Waals surface area (Å²) >= 11 is 3.50. The van der Waals surface area contributed by atoms with Crippen LogP contribution in [0.5, 0.6) is 0 Å². The molecule has 4 heteroatoms. The van der Waals surface area contributed by atoms with Gasteiger partial charge < -0.3 is 9.72 Å². The third-order valence-corrected chi connectivity index (χ3v) is 4.42. The van der Waals surface area contributed by atoms with Crippen LogP contribution < -0.4 is 5.32 Å². The molecule has 0 saturated carbocycles. The SMILES string of the molecule is CC(C)(C)C(NCc1cn2cc(Br)ccc2n1)c1ccccc1. The van der Waals surface area contributed by atoms with Crippen molar-refractivity contribution in [2.45, 2.75) is 33.4 Å². The molecule has 1 aromatic carbocycles. The molecule has 120 valence electrons. The summed E-state index contributed by atoms with van der Waals surface area (Å²) in [4.78, 5) is 4.68. The molecule has 3 nitrogen and oxygen atoms in total. The number of pyridine rings is 1. The Morgan fingerprint density at radius 3 is 2.52 bits per heavy atom. The van der Waals surface area contributed by atoms with E-state index in [1.165, 1.54) is 5.56 Å². The van der Waals surface area contributed by atoms with Gasteiger partial charge in [0.15, 0.2) is 0 Å². The number of benzene rings is 1. The van der Waals surface area contributed by atoms with E-state index >= 15 is 0 Å². The van der Waals surface area contributed by atoms with Crippen molar-refractivity contribution in [1.82, 2.24) is 14.7 Å². The van der Waals surface area contributed by atoms with Crippen LogP contribution in [-0.2, 0) is 6.54 Å². The fourth-order valence-corrected chi connectivity index (χ4v) is 3.23. The third-order valence-electron chi connectivity index (χ3n) is 3.95. The number of fused-ring (bicyclic) bond motifs is 1. The second-order valence-electron chi connectivity index (χ2n) is 6.94. The van der Waals surface area contributed by atoms with Gasteiger partial charge in [0.1, 0.15) is 5.65 Å². The van der Waals surface area contributed by atoms with Gasteiger partial charge in [-0.25, -0.2) is 4.98 Å². The van der Waals surface area contributed by atoms with Gasteiger partial charge in [-0.1, -0.05) is 51.1 Å². The molecule has 2 aromatic heterocycles. The number of imidazole rings is 1. The van der Waals surface area contributed by atoms with E-state index in [9.17, 15) is 0 Å². The minimum absolute atomic E-state index is 0.129. The smallest absolute Gasteiger partial charge is 0.137 e. The molecular weight excluding hydrogens is 350 g/mol. The first-order chi connectivity index (χ1) is 10.9. The second kappa shape index (κ2) is 6.46. The molecule has 0 saturated heterocycles. The average Bonchev–Trinajstić information content (AvgIpc) is 2.89. The first-order valence-corrected chi connectivity index (χ1v) is 8.64. The van der Waals surface area contributed by atoms with Crippen LogP contribution in [0, 0.1) is 5.41 Å². The highest BCUT2D eigenvalue weighted by atomic mass is 79.9. The van der Waals surface area contributed by atoms with E-state index in [-0.39, 0.29) is 11.5 Å². The molecule has 23 heavy (non-hydrogen) atoms. The van der Waals surface area contributed by atoms with E-state index in [4.69, 9.17) is 0 Å². The van der Waals surface area contributed by atoms with Gasteiger partial charge in [-0.05, 0) is 39.0 Å². The van der Waals surface area contributed by atoms with Crippen molar-refractivity contribution in [3.63, 3.8) is 0 Å². The van der Waals surface area contributed by atoms with Crippen LogP contribution in [0.15, 0.2) is 59.3 Å². The van der Waals surface area contributed by atoms with Crippen LogP contribution in [-0.4, -0.2) is 9.38 Å². The Morgan fingerprint density at radius 2 is 1.83 bits per heavy atom. The Hall–Kier alpha value is -1.65. The summed E-state index contributed by atoms with van der Waals surface area (Å²) in [6.07, 6.45) is 4.11. The normalized spacial score (nSPS) is 13.4. The fraction of sp³-hybridized carbons (Fsp3) is 0.316. The summed E-state index contributed by atoms with van der Waals surface area (Å²) in [6.45, 7) is 7.53. The summed E-state index contributed by atoms with van der Waals surface area (Å²) in [5.74, 6) is 0. The number of rotatable bonds is 4. The summed E-state index contributed by atoms with van der Waals surface area (Å²) < 4.78 is 3.11. The van der Waals surface area contributed by atoms with Gasteiger partial charge in [-0.15, -0.1) is 0 Å². The van der Waals surface area contributed by atoms with Gasteiger partial charge >= 0.3 is 0 Å². The summed E-state index contributed by atoms with van der Waals surface area (Å²) in [5, 5.41) is 3.68. The summed E-state index contributed by atoms with van der Waals surface area (Å²) in [5.41, 5.74) is 3.46. The number of nitrogens with zero attached hydrogens (tertiary/aromatic N) is 2. The van der Waals surface area contributed by atoms with Crippen molar-refractivity contribution in [2.75, 3.05) is 0 Å². The average molecular weight is 372 g/mol. The molecule has 1 N–H and O–H groups in total. The zero-order valence-corrected chi connectivity index (χ0v) is 15.3. The first kappa shape index (κ1) is 16.2. The van der Waals surface area contributed by atoms with Gasteiger partial charge in [-0.3, -0.25) is 0 Å². The van der Waals surface area contributed by atoms with Crippen molar-refractivity contribution < 1.29 is 0 Å². The molecule has 0 aliphatic heterocycles.